The topological polar surface area (TPSA) is 86.9 Å². The molecule has 0 saturated carbocycles. The molecule has 0 aliphatic heterocycles. The molecular formula is C12H24N4O2S2. The van der Waals surface area contributed by atoms with Gasteiger partial charge in [-0.25, -0.2) is 13.1 Å². The van der Waals surface area contributed by atoms with Gasteiger partial charge in [0, 0.05) is 23.9 Å². The first kappa shape index (κ1) is 17.5. The molecule has 8 heteroatoms. The van der Waals surface area contributed by atoms with Crippen LogP contribution in [0.25, 0.3) is 0 Å². The maximum atomic E-state index is 12.2. The van der Waals surface area contributed by atoms with E-state index < -0.39 is 10.0 Å². The van der Waals surface area contributed by atoms with Crippen molar-refractivity contribution in [3.63, 3.8) is 0 Å². The molecule has 1 atom stereocenters. The van der Waals surface area contributed by atoms with Crippen LogP contribution in [0.4, 0.5) is 0 Å². The van der Waals surface area contributed by atoms with E-state index in [1.54, 1.807) is 18.0 Å². The molecule has 0 spiro atoms. The third kappa shape index (κ3) is 5.43. The summed E-state index contributed by atoms with van der Waals surface area (Å²) in [5.74, 6) is 0. The summed E-state index contributed by atoms with van der Waals surface area (Å²) >= 11 is 1.72. The highest BCUT2D eigenvalue weighted by Crippen LogP contribution is 2.13. The fourth-order valence-electron chi connectivity index (χ4n) is 1.64. The Balaban J connectivity index is 2.61. The quantitative estimate of drug-likeness (QED) is 0.566. The van der Waals surface area contributed by atoms with Gasteiger partial charge in [-0.3, -0.25) is 5.10 Å². The van der Waals surface area contributed by atoms with Gasteiger partial charge in [-0.15, -0.1) is 0 Å². The summed E-state index contributed by atoms with van der Waals surface area (Å²) in [5.41, 5.74) is 0.670. The van der Waals surface area contributed by atoms with E-state index in [2.05, 4.69) is 34.1 Å². The van der Waals surface area contributed by atoms with Crippen LogP contribution in [0.2, 0.25) is 0 Å². The van der Waals surface area contributed by atoms with Gasteiger partial charge in [-0.2, -0.15) is 16.9 Å². The molecule has 0 fully saturated rings. The molecule has 1 unspecified atom stereocenters. The van der Waals surface area contributed by atoms with E-state index in [4.69, 9.17) is 0 Å². The maximum absolute atomic E-state index is 12.2. The molecule has 0 aromatic carbocycles. The molecule has 1 rings (SSSR count). The first-order valence-electron chi connectivity index (χ1n) is 6.76. The summed E-state index contributed by atoms with van der Waals surface area (Å²) in [6, 6.07) is 0. The summed E-state index contributed by atoms with van der Waals surface area (Å²) in [6.07, 6.45) is 5.38. The molecule has 0 bridgehead atoms. The number of hydrogen-bond donors (Lipinski definition) is 3. The van der Waals surface area contributed by atoms with Crippen molar-refractivity contribution in [2.24, 2.45) is 0 Å². The van der Waals surface area contributed by atoms with Crippen molar-refractivity contribution in [3.05, 3.63) is 11.8 Å². The summed E-state index contributed by atoms with van der Waals surface area (Å²) in [5, 5.41) is 10.2. The van der Waals surface area contributed by atoms with E-state index in [1.165, 1.54) is 0 Å². The molecule has 116 valence electrons. The van der Waals surface area contributed by atoms with Crippen LogP contribution in [0.3, 0.4) is 0 Å². The van der Waals surface area contributed by atoms with Gasteiger partial charge in [-0.1, -0.05) is 13.8 Å². The standard InChI is InChI=1S/C12H24N4O2S2/c1-4-6-13-8-11-9-14-16-12(11)20(17,18)15-7-5-10(2)19-3/h9-10,13,15H,4-8H2,1-3H3,(H,14,16). The molecule has 0 amide bonds. The van der Waals surface area contributed by atoms with Crippen molar-refractivity contribution in [3.8, 4) is 0 Å². The minimum atomic E-state index is -3.51. The number of rotatable bonds is 10. The van der Waals surface area contributed by atoms with Gasteiger partial charge >= 0.3 is 0 Å². The third-order valence-electron chi connectivity index (χ3n) is 2.93. The molecule has 3 N–H and O–H groups in total. The second kappa shape index (κ2) is 8.66. The Morgan fingerprint density at radius 1 is 1.45 bits per heavy atom. The van der Waals surface area contributed by atoms with Gasteiger partial charge in [0.15, 0.2) is 5.03 Å². The maximum Gasteiger partial charge on any atom is 0.257 e. The lowest BCUT2D eigenvalue weighted by Crippen LogP contribution is -2.28. The number of nitrogens with one attached hydrogen (secondary N) is 3. The fraction of sp³-hybridized carbons (Fsp3) is 0.750. The van der Waals surface area contributed by atoms with Gasteiger partial charge in [0.1, 0.15) is 0 Å². The number of nitrogens with zero attached hydrogens (tertiary/aromatic N) is 1. The summed E-state index contributed by atoms with van der Waals surface area (Å²) in [7, 11) is -3.51. The van der Waals surface area contributed by atoms with Crippen molar-refractivity contribution < 1.29 is 8.42 Å². The Hall–Kier alpha value is -0.570. The van der Waals surface area contributed by atoms with E-state index in [-0.39, 0.29) is 5.03 Å². The van der Waals surface area contributed by atoms with E-state index >= 15 is 0 Å². The van der Waals surface area contributed by atoms with Crippen LogP contribution >= 0.6 is 11.8 Å². The Bertz CT molecular complexity index is 487. The number of hydrogen-bond acceptors (Lipinski definition) is 5. The Morgan fingerprint density at radius 2 is 2.20 bits per heavy atom. The van der Waals surface area contributed by atoms with Crippen LogP contribution < -0.4 is 10.0 Å². The Morgan fingerprint density at radius 3 is 2.85 bits per heavy atom. The van der Waals surface area contributed by atoms with Crippen molar-refractivity contribution in [2.45, 2.75) is 43.5 Å². The van der Waals surface area contributed by atoms with Gasteiger partial charge in [-0.05, 0) is 25.6 Å². The number of H-pyrrole nitrogens is 1. The van der Waals surface area contributed by atoms with E-state index in [9.17, 15) is 8.42 Å². The highest BCUT2D eigenvalue weighted by atomic mass is 32.2. The van der Waals surface area contributed by atoms with E-state index in [0.29, 0.717) is 23.9 Å². The fourth-order valence-corrected chi connectivity index (χ4v) is 3.17. The monoisotopic (exact) mass is 320 g/mol. The van der Waals surface area contributed by atoms with Gasteiger partial charge in [0.05, 0.1) is 6.20 Å². The second-order valence-electron chi connectivity index (χ2n) is 4.63. The van der Waals surface area contributed by atoms with Gasteiger partial charge < -0.3 is 5.32 Å². The molecule has 0 saturated heterocycles. The summed E-state index contributed by atoms with van der Waals surface area (Å²) in [4.78, 5) is 0. The molecule has 0 aliphatic rings. The smallest absolute Gasteiger partial charge is 0.257 e. The van der Waals surface area contributed by atoms with Crippen LogP contribution in [0.1, 0.15) is 32.3 Å². The van der Waals surface area contributed by atoms with Crippen LogP contribution in [-0.2, 0) is 16.6 Å². The number of thioether (sulfide) groups is 1. The third-order valence-corrected chi connectivity index (χ3v) is 5.45. The molecule has 1 heterocycles. The normalized spacial score (nSPS) is 13.6. The van der Waals surface area contributed by atoms with Crippen LogP contribution in [0, 0.1) is 0 Å². The minimum Gasteiger partial charge on any atom is -0.313 e. The van der Waals surface area contributed by atoms with Crippen molar-refractivity contribution in [1.82, 2.24) is 20.2 Å². The Kier molecular flexibility index (Phi) is 7.57. The first-order chi connectivity index (χ1) is 9.51. The zero-order valence-electron chi connectivity index (χ0n) is 12.3. The first-order valence-corrected chi connectivity index (χ1v) is 9.53. The average molecular weight is 320 g/mol. The van der Waals surface area contributed by atoms with Crippen molar-refractivity contribution >= 4 is 21.8 Å². The lowest BCUT2D eigenvalue weighted by atomic mass is 10.3. The van der Waals surface area contributed by atoms with Crippen LogP contribution in [-0.4, -0.2) is 43.2 Å². The predicted octanol–water partition coefficient (Wildman–Crippen LogP) is 1.33. The second-order valence-corrected chi connectivity index (χ2v) is 7.61. The van der Waals surface area contributed by atoms with E-state index in [1.807, 2.05) is 6.26 Å². The zero-order chi connectivity index (χ0) is 15.0. The van der Waals surface area contributed by atoms with E-state index in [0.717, 1.165) is 19.4 Å². The van der Waals surface area contributed by atoms with Crippen molar-refractivity contribution in [1.29, 1.82) is 0 Å². The molecule has 20 heavy (non-hydrogen) atoms. The minimum absolute atomic E-state index is 0.165. The SMILES string of the molecule is CCCNCc1cn[nH]c1S(=O)(=O)NCCC(C)SC. The molecule has 1 aromatic heterocycles. The Labute approximate surface area is 125 Å². The summed E-state index contributed by atoms with van der Waals surface area (Å²) < 4.78 is 27.0. The molecule has 0 radical (unpaired) electrons. The van der Waals surface area contributed by atoms with Gasteiger partial charge in [0.2, 0.25) is 0 Å². The molecular weight excluding hydrogens is 296 g/mol. The number of aromatic amines is 1. The highest BCUT2D eigenvalue weighted by Gasteiger charge is 2.20. The van der Waals surface area contributed by atoms with Crippen LogP contribution in [0.5, 0.6) is 0 Å². The average Bonchev–Trinajstić information content (AvgIpc) is 2.88. The van der Waals surface area contributed by atoms with Crippen molar-refractivity contribution in [2.75, 3.05) is 19.3 Å². The lowest BCUT2D eigenvalue weighted by Gasteiger charge is -2.10. The summed E-state index contributed by atoms with van der Waals surface area (Å²) in [6.45, 7) is 5.93. The lowest BCUT2D eigenvalue weighted by molar-refractivity contribution is 0.571. The molecule has 0 aliphatic carbocycles. The van der Waals surface area contributed by atoms with Gasteiger partial charge in [0.25, 0.3) is 10.0 Å². The molecule has 1 aromatic rings. The molecule has 6 nitrogen and oxygen atoms in total. The number of sulfonamides is 1. The largest absolute Gasteiger partial charge is 0.313 e. The zero-order valence-corrected chi connectivity index (χ0v) is 13.9. The predicted molar refractivity (Wildman–Crippen MR) is 83.4 cm³/mol. The highest BCUT2D eigenvalue weighted by molar-refractivity contribution is 7.99. The van der Waals surface area contributed by atoms with Crippen LogP contribution in [0.15, 0.2) is 11.2 Å². The number of aromatic nitrogens is 2.